The third-order valence-corrected chi connectivity index (χ3v) is 7.91. The number of esters is 1. The predicted molar refractivity (Wildman–Crippen MR) is 184 cm³/mol. The first-order valence-electron chi connectivity index (χ1n) is 16.0. The first-order chi connectivity index (χ1) is 23.0. The lowest BCUT2D eigenvalue weighted by Gasteiger charge is -2.38. The van der Waals surface area contributed by atoms with E-state index < -0.39 is 35.9 Å². The minimum Gasteiger partial charge on any atom is -0.481 e. The Bertz CT molecular complexity index is 1490. The SMILES string of the molecule is CCOC(=O)CCCCCCCCNC(=S)N1c2c(nc(N)[nH]c2=O)NCC1CNc1ccc(C(=O)NC(CCC(=O)O)C(=O)O)cc1. The maximum absolute atomic E-state index is 13.0. The van der Waals surface area contributed by atoms with Crippen molar-refractivity contribution in [3.63, 3.8) is 0 Å². The van der Waals surface area contributed by atoms with Gasteiger partial charge in [-0.1, -0.05) is 25.7 Å². The molecule has 1 amide bonds. The highest BCUT2D eigenvalue weighted by atomic mass is 32.1. The molecule has 48 heavy (non-hydrogen) atoms. The minimum atomic E-state index is -1.33. The topological polar surface area (TPSA) is 241 Å². The fourth-order valence-electron chi connectivity index (χ4n) is 5.11. The summed E-state index contributed by atoms with van der Waals surface area (Å²) >= 11 is 5.75. The number of carboxylic acids is 2. The number of ether oxygens (including phenoxy) is 1. The van der Waals surface area contributed by atoms with Crippen LogP contribution in [-0.2, 0) is 19.1 Å². The van der Waals surface area contributed by atoms with Gasteiger partial charge in [0, 0.05) is 43.7 Å². The van der Waals surface area contributed by atoms with Gasteiger partial charge in [0.05, 0.1) is 12.6 Å². The van der Waals surface area contributed by atoms with Gasteiger partial charge in [-0.3, -0.25) is 24.2 Å². The van der Waals surface area contributed by atoms with E-state index in [0.29, 0.717) is 49.3 Å². The van der Waals surface area contributed by atoms with Crippen LogP contribution < -0.4 is 37.5 Å². The Labute approximate surface area is 283 Å². The quantitative estimate of drug-likeness (QED) is 0.0600. The van der Waals surface area contributed by atoms with Crippen LogP contribution in [0.25, 0.3) is 0 Å². The molecule has 0 bridgehead atoms. The zero-order chi connectivity index (χ0) is 35.1. The number of nitrogens with one attached hydrogen (secondary N) is 5. The molecular weight excluding hydrogens is 644 g/mol. The smallest absolute Gasteiger partial charge is 0.326 e. The lowest BCUT2D eigenvalue weighted by atomic mass is 10.1. The van der Waals surface area contributed by atoms with E-state index >= 15 is 0 Å². The molecule has 262 valence electrons. The molecule has 0 saturated heterocycles. The highest BCUT2D eigenvalue weighted by Gasteiger charge is 2.32. The summed E-state index contributed by atoms with van der Waals surface area (Å²) in [5.74, 6) is -2.98. The molecule has 16 nitrogen and oxygen atoms in total. The summed E-state index contributed by atoms with van der Waals surface area (Å²) in [5, 5.41) is 30.6. The molecule has 2 atom stereocenters. The van der Waals surface area contributed by atoms with Crippen LogP contribution in [-0.4, -0.2) is 87.4 Å². The van der Waals surface area contributed by atoms with Crippen molar-refractivity contribution in [1.29, 1.82) is 0 Å². The third kappa shape index (κ3) is 11.7. The number of nitrogens with zero attached hydrogens (tertiary/aromatic N) is 2. The molecule has 1 aliphatic heterocycles. The molecule has 1 aromatic carbocycles. The minimum absolute atomic E-state index is 0.0235. The maximum atomic E-state index is 13.0. The Morgan fingerprint density at radius 3 is 2.44 bits per heavy atom. The molecule has 9 N–H and O–H groups in total. The zero-order valence-electron chi connectivity index (χ0n) is 26.9. The summed E-state index contributed by atoms with van der Waals surface area (Å²) in [6.07, 6.45) is 5.47. The maximum Gasteiger partial charge on any atom is 0.326 e. The van der Waals surface area contributed by atoms with Gasteiger partial charge >= 0.3 is 17.9 Å². The lowest BCUT2D eigenvalue weighted by Crippen LogP contribution is -2.56. The molecule has 17 heteroatoms. The van der Waals surface area contributed by atoms with Crippen LogP contribution in [0.4, 0.5) is 23.1 Å². The molecule has 0 saturated carbocycles. The molecule has 1 aliphatic rings. The van der Waals surface area contributed by atoms with E-state index in [9.17, 15) is 29.1 Å². The predicted octanol–water partition coefficient (Wildman–Crippen LogP) is 2.28. The van der Waals surface area contributed by atoms with Crippen LogP contribution >= 0.6 is 12.2 Å². The van der Waals surface area contributed by atoms with Gasteiger partial charge in [0.1, 0.15) is 6.04 Å². The number of nitrogens with two attached hydrogens (primary N) is 1. The number of rotatable bonds is 19. The summed E-state index contributed by atoms with van der Waals surface area (Å²) < 4.78 is 4.95. The van der Waals surface area contributed by atoms with Crippen molar-refractivity contribution in [3.05, 3.63) is 40.2 Å². The van der Waals surface area contributed by atoms with E-state index in [1.165, 1.54) is 12.1 Å². The van der Waals surface area contributed by atoms with Crippen molar-refractivity contribution in [1.82, 2.24) is 20.6 Å². The molecule has 0 spiro atoms. The number of benzene rings is 1. The molecule has 3 rings (SSSR count). The average molecular weight is 689 g/mol. The van der Waals surface area contributed by atoms with Gasteiger partial charge < -0.3 is 46.9 Å². The second kappa shape index (κ2) is 19.0. The molecule has 2 unspecified atom stereocenters. The average Bonchev–Trinajstić information content (AvgIpc) is 3.04. The Kier molecular flexibility index (Phi) is 14.9. The summed E-state index contributed by atoms with van der Waals surface area (Å²) in [4.78, 5) is 67.8. The van der Waals surface area contributed by atoms with Gasteiger partial charge in [-0.25, -0.2) is 4.79 Å². The fraction of sp³-hybridized carbons (Fsp3) is 0.516. The first-order valence-corrected chi connectivity index (χ1v) is 16.4. The number of H-pyrrole nitrogens is 1. The largest absolute Gasteiger partial charge is 0.481 e. The normalized spacial score (nSPS) is 14.2. The van der Waals surface area contributed by atoms with Crippen LogP contribution in [0.15, 0.2) is 29.1 Å². The number of amides is 1. The van der Waals surface area contributed by atoms with Crippen molar-refractivity contribution in [2.45, 2.75) is 76.8 Å². The second-order valence-corrected chi connectivity index (χ2v) is 11.6. The second-order valence-electron chi connectivity index (χ2n) is 11.2. The van der Waals surface area contributed by atoms with Gasteiger partial charge in [-0.05, 0) is 62.7 Å². The number of carboxylic acid groups (broad SMARTS) is 2. The number of aromatic amines is 1. The molecule has 2 heterocycles. The highest BCUT2D eigenvalue weighted by Crippen LogP contribution is 2.27. The number of hydrogen-bond donors (Lipinski definition) is 8. The van der Waals surface area contributed by atoms with Crippen molar-refractivity contribution >= 4 is 64.3 Å². The summed E-state index contributed by atoms with van der Waals surface area (Å²) in [6.45, 7) is 3.52. The van der Waals surface area contributed by atoms with E-state index in [1.54, 1.807) is 24.0 Å². The molecule has 0 radical (unpaired) electrons. The number of hydrogen-bond acceptors (Lipinski definition) is 11. The molecule has 1 aromatic heterocycles. The summed E-state index contributed by atoms with van der Waals surface area (Å²) in [6, 6.07) is 4.68. The van der Waals surface area contributed by atoms with Gasteiger partial charge in [-0.2, -0.15) is 4.98 Å². The van der Waals surface area contributed by atoms with Crippen molar-refractivity contribution in [2.24, 2.45) is 0 Å². The number of aromatic nitrogens is 2. The molecule has 0 fully saturated rings. The Hall–Kier alpha value is -4.93. The molecular formula is C31H44N8O8S. The Morgan fingerprint density at radius 2 is 1.77 bits per heavy atom. The number of carbonyl (C=O) groups excluding carboxylic acids is 2. The van der Waals surface area contributed by atoms with E-state index in [0.717, 1.165) is 38.5 Å². The third-order valence-electron chi connectivity index (χ3n) is 7.57. The number of fused-ring (bicyclic) bond motifs is 1. The van der Waals surface area contributed by atoms with Crippen LogP contribution in [0.3, 0.4) is 0 Å². The molecule has 2 aromatic rings. The number of thiocarbonyl (C=S) groups is 1. The van der Waals surface area contributed by atoms with E-state index in [4.69, 9.17) is 27.8 Å². The van der Waals surface area contributed by atoms with Crippen LogP contribution in [0.1, 0.15) is 75.1 Å². The summed E-state index contributed by atoms with van der Waals surface area (Å²) in [5.41, 5.74) is 6.43. The standard InChI is InChI=1S/C31H44N8O8S/c1-2-47-24(42)9-7-5-3-4-6-8-16-33-31(48)39-21(18-35-26-25(39)28(44)38-30(32)37-26)17-34-20-12-10-19(11-13-20)27(43)36-22(29(45)46)14-15-23(40)41/h10-13,21-22,34H,2-9,14-18H2,1H3,(H,33,48)(H,36,43)(H,40,41)(H,45,46)(H4,32,35,37,38,44). The highest BCUT2D eigenvalue weighted by molar-refractivity contribution is 7.80. The van der Waals surface area contributed by atoms with E-state index in [1.807, 2.05) is 0 Å². The number of nitrogen functional groups attached to an aromatic ring is 1. The van der Waals surface area contributed by atoms with Gasteiger partial charge in [0.15, 0.2) is 16.6 Å². The number of aliphatic carboxylic acids is 2. The van der Waals surface area contributed by atoms with Crippen LogP contribution in [0.5, 0.6) is 0 Å². The van der Waals surface area contributed by atoms with Crippen LogP contribution in [0, 0.1) is 0 Å². The number of unbranched alkanes of at least 4 members (excludes halogenated alkanes) is 5. The zero-order valence-corrected chi connectivity index (χ0v) is 27.7. The van der Waals surface area contributed by atoms with E-state index in [-0.39, 0.29) is 35.6 Å². The first kappa shape index (κ1) is 37.5. The van der Waals surface area contributed by atoms with E-state index in [2.05, 4.69) is 31.2 Å². The van der Waals surface area contributed by atoms with Gasteiger partial charge in [0.25, 0.3) is 11.5 Å². The number of carbonyl (C=O) groups is 4. The summed E-state index contributed by atoms with van der Waals surface area (Å²) in [7, 11) is 0. The van der Waals surface area contributed by atoms with Crippen LogP contribution in [0.2, 0.25) is 0 Å². The monoisotopic (exact) mass is 688 g/mol. The Balaban J connectivity index is 1.56. The van der Waals surface area contributed by atoms with Gasteiger partial charge in [0.2, 0.25) is 5.95 Å². The van der Waals surface area contributed by atoms with Crippen molar-refractivity contribution in [3.8, 4) is 0 Å². The van der Waals surface area contributed by atoms with Crippen molar-refractivity contribution in [2.75, 3.05) is 47.5 Å². The lowest BCUT2D eigenvalue weighted by molar-refractivity contribution is -0.143. The van der Waals surface area contributed by atoms with Gasteiger partial charge in [-0.15, -0.1) is 0 Å². The Morgan fingerprint density at radius 1 is 1.08 bits per heavy atom. The fourth-order valence-corrected chi connectivity index (χ4v) is 5.45. The molecule has 0 aliphatic carbocycles. The van der Waals surface area contributed by atoms with Crippen molar-refractivity contribution < 1.29 is 34.1 Å². The number of anilines is 4.